The van der Waals surface area contributed by atoms with Crippen LogP contribution in [-0.4, -0.2) is 19.4 Å². The lowest BCUT2D eigenvalue weighted by molar-refractivity contribution is 0.179. The first-order valence-corrected chi connectivity index (χ1v) is 4.60. The zero-order valence-corrected chi connectivity index (χ0v) is 7.49. The van der Waals surface area contributed by atoms with Crippen LogP contribution in [0, 0.1) is 16.7 Å². The van der Waals surface area contributed by atoms with E-state index >= 15 is 0 Å². The maximum Gasteiger partial charge on any atom is 0.124 e. The summed E-state index contributed by atoms with van der Waals surface area (Å²) in [4.78, 5) is 4.29. The Bertz CT molecular complexity index is 293. The Hall–Kier alpha value is -1.14. The second kappa shape index (κ2) is 3.31. The summed E-state index contributed by atoms with van der Waals surface area (Å²) in [6, 6.07) is 2.34. The highest BCUT2D eigenvalue weighted by atomic mass is 16.5. The van der Waals surface area contributed by atoms with Crippen LogP contribution in [0.4, 0.5) is 0 Å². The van der Waals surface area contributed by atoms with Gasteiger partial charge in [-0.15, -0.1) is 0 Å². The van der Waals surface area contributed by atoms with Crippen LogP contribution in [0.2, 0.25) is 0 Å². The van der Waals surface area contributed by atoms with E-state index in [0.717, 1.165) is 25.0 Å². The van der Waals surface area contributed by atoms with Gasteiger partial charge in [0.2, 0.25) is 0 Å². The molecule has 0 aliphatic carbocycles. The van der Waals surface area contributed by atoms with Crippen molar-refractivity contribution >= 4 is 6.21 Å². The van der Waals surface area contributed by atoms with Crippen LogP contribution in [0.3, 0.4) is 0 Å². The molecule has 0 spiro atoms. The smallest absolute Gasteiger partial charge is 0.124 e. The number of rotatable bonds is 1. The van der Waals surface area contributed by atoms with Crippen molar-refractivity contribution in [3.8, 4) is 6.07 Å². The number of aliphatic imine (C=N–C) groups is 1. The first kappa shape index (κ1) is 8.46. The van der Waals surface area contributed by atoms with Gasteiger partial charge in [-0.3, -0.25) is 4.99 Å². The molecule has 3 nitrogen and oxygen atoms in total. The van der Waals surface area contributed by atoms with Crippen LogP contribution in [0.5, 0.6) is 0 Å². The molecule has 13 heavy (non-hydrogen) atoms. The summed E-state index contributed by atoms with van der Waals surface area (Å²) in [5, 5.41) is 9.12. The Labute approximate surface area is 77.7 Å². The van der Waals surface area contributed by atoms with Crippen LogP contribution < -0.4 is 0 Å². The molecule has 0 aromatic carbocycles. The SMILES string of the molecule is N#CC1(C2=CCCC=N2)CCOC1. The molecule has 0 N–H and O–H groups in total. The van der Waals surface area contributed by atoms with E-state index in [1.807, 2.05) is 6.21 Å². The fourth-order valence-corrected chi connectivity index (χ4v) is 1.74. The van der Waals surface area contributed by atoms with E-state index in [1.165, 1.54) is 0 Å². The molecule has 0 bridgehead atoms. The molecule has 1 saturated heterocycles. The predicted octanol–water partition coefficient (Wildman–Crippen LogP) is 1.67. The average Bonchev–Trinajstić information content (AvgIpc) is 2.69. The summed E-state index contributed by atoms with van der Waals surface area (Å²) in [5.41, 5.74) is 0.468. The quantitative estimate of drug-likeness (QED) is 0.610. The highest BCUT2D eigenvalue weighted by molar-refractivity contribution is 5.61. The molecule has 2 rings (SSSR count). The van der Waals surface area contributed by atoms with Crippen molar-refractivity contribution in [2.24, 2.45) is 10.4 Å². The largest absolute Gasteiger partial charge is 0.379 e. The number of allylic oxidation sites excluding steroid dienone is 1. The Morgan fingerprint density at radius 2 is 2.46 bits per heavy atom. The summed E-state index contributed by atoms with van der Waals surface area (Å²) in [6.45, 7) is 1.19. The molecular weight excluding hydrogens is 164 g/mol. The summed E-state index contributed by atoms with van der Waals surface area (Å²) < 4.78 is 5.27. The molecule has 0 radical (unpaired) electrons. The minimum Gasteiger partial charge on any atom is -0.379 e. The molecular formula is C10H12N2O. The third kappa shape index (κ3) is 1.38. The molecule has 1 atom stereocenters. The molecule has 0 saturated carbocycles. The van der Waals surface area contributed by atoms with Crippen LogP contribution in [0.1, 0.15) is 19.3 Å². The second-order valence-electron chi connectivity index (χ2n) is 3.47. The lowest BCUT2D eigenvalue weighted by Gasteiger charge is -2.20. The van der Waals surface area contributed by atoms with Gasteiger partial charge < -0.3 is 4.74 Å². The Balaban J connectivity index is 2.26. The van der Waals surface area contributed by atoms with Crippen molar-refractivity contribution in [2.75, 3.05) is 13.2 Å². The van der Waals surface area contributed by atoms with E-state index in [0.29, 0.717) is 13.2 Å². The summed E-state index contributed by atoms with van der Waals surface area (Å²) in [5.74, 6) is 0. The fraction of sp³-hybridized carbons (Fsp3) is 0.600. The second-order valence-corrected chi connectivity index (χ2v) is 3.47. The predicted molar refractivity (Wildman–Crippen MR) is 49.3 cm³/mol. The molecule has 2 aliphatic rings. The van der Waals surface area contributed by atoms with Crippen molar-refractivity contribution < 1.29 is 4.74 Å². The molecule has 1 unspecified atom stereocenters. The van der Waals surface area contributed by atoms with Gasteiger partial charge in [-0.25, -0.2) is 0 Å². The van der Waals surface area contributed by atoms with Crippen LogP contribution in [0.15, 0.2) is 16.8 Å². The Morgan fingerprint density at radius 3 is 3.00 bits per heavy atom. The van der Waals surface area contributed by atoms with Crippen LogP contribution >= 0.6 is 0 Å². The summed E-state index contributed by atoms with van der Waals surface area (Å²) in [6.07, 6.45) is 6.74. The number of hydrogen-bond donors (Lipinski definition) is 0. The van der Waals surface area contributed by atoms with Gasteiger partial charge in [-0.05, 0) is 19.3 Å². The van der Waals surface area contributed by atoms with E-state index in [1.54, 1.807) is 0 Å². The van der Waals surface area contributed by atoms with Gasteiger partial charge in [0.15, 0.2) is 0 Å². The van der Waals surface area contributed by atoms with Gasteiger partial charge in [0.05, 0.1) is 18.4 Å². The monoisotopic (exact) mass is 176 g/mol. The van der Waals surface area contributed by atoms with Crippen molar-refractivity contribution in [1.29, 1.82) is 5.26 Å². The van der Waals surface area contributed by atoms with Crippen molar-refractivity contribution in [2.45, 2.75) is 19.3 Å². The zero-order valence-electron chi connectivity index (χ0n) is 7.49. The number of nitriles is 1. The van der Waals surface area contributed by atoms with Gasteiger partial charge >= 0.3 is 0 Å². The normalized spacial score (nSPS) is 32.7. The molecule has 68 valence electrons. The summed E-state index contributed by atoms with van der Waals surface area (Å²) >= 11 is 0. The van der Waals surface area contributed by atoms with Crippen LogP contribution in [0.25, 0.3) is 0 Å². The highest BCUT2D eigenvalue weighted by Gasteiger charge is 2.39. The van der Waals surface area contributed by atoms with E-state index in [9.17, 15) is 0 Å². The Morgan fingerprint density at radius 1 is 1.54 bits per heavy atom. The molecule has 0 aromatic heterocycles. The van der Waals surface area contributed by atoms with E-state index in [-0.39, 0.29) is 0 Å². The molecule has 3 heteroatoms. The Kier molecular flexibility index (Phi) is 2.15. The van der Waals surface area contributed by atoms with Crippen molar-refractivity contribution in [3.05, 3.63) is 11.8 Å². The molecule has 0 aromatic rings. The highest BCUT2D eigenvalue weighted by Crippen LogP contribution is 2.37. The van der Waals surface area contributed by atoms with Gasteiger partial charge in [0.25, 0.3) is 0 Å². The lowest BCUT2D eigenvalue weighted by atomic mass is 9.84. The third-order valence-electron chi connectivity index (χ3n) is 2.59. The number of nitrogens with zero attached hydrogens (tertiary/aromatic N) is 2. The van der Waals surface area contributed by atoms with E-state index in [4.69, 9.17) is 10.00 Å². The maximum absolute atomic E-state index is 9.12. The first-order valence-electron chi connectivity index (χ1n) is 4.60. The number of ether oxygens (including phenoxy) is 1. The minimum atomic E-state index is -0.447. The topological polar surface area (TPSA) is 45.4 Å². The van der Waals surface area contributed by atoms with Crippen LogP contribution in [-0.2, 0) is 4.74 Å². The third-order valence-corrected chi connectivity index (χ3v) is 2.59. The standard InChI is InChI=1S/C10H12N2O/c11-7-10(4-6-13-8-10)9-3-1-2-5-12-9/h3,5H,1-2,4,6,8H2. The minimum absolute atomic E-state index is 0.447. The zero-order chi connectivity index (χ0) is 9.15. The van der Waals surface area contributed by atoms with E-state index in [2.05, 4.69) is 17.1 Å². The molecule has 0 amide bonds. The molecule has 1 fully saturated rings. The van der Waals surface area contributed by atoms with Gasteiger partial charge in [0, 0.05) is 12.8 Å². The van der Waals surface area contributed by atoms with E-state index < -0.39 is 5.41 Å². The molecule has 2 aliphatic heterocycles. The fourth-order valence-electron chi connectivity index (χ4n) is 1.74. The van der Waals surface area contributed by atoms with Gasteiger partial charge in [-0.1, -0.05) is 6.08 Å². The average molecular weight is 176 g/mol. The van der Waals surface area contributed by atoms with Crippen molar-refractivity contribution in [3.63, 3.8) is 0 Å². The van der Waals surface area contributed by atoms with Gasteiger partial charge in [-0.2, -0.15) is 5.26 Å². The number of hydrogen-bond acceptors (Lipinski definition) is 3. The van der Waals surface area contributed by atoms with Gasteiger partial charge in [0.1, 0.15) is 5.41 Å². The van der Waals surface area contributed by atoms with Crippen molar-refractivity contribution in [1.82, 2.24) is 0 Å². The molecule has 2 heterocycles. The maximum atomic E-state index is 9.12. The lowest BCUT2D eigenvalue weighted by Crippen LogP contribution is -2.21. The summed E-state index contributed by atoms with van der Waals surface area (Å²) in [7, 11) is 0. The first-order chi connectivity index (χ1) is 6.37.